The van der Waals surface area contributed by atoms with E-state index in [1.807, 2.05) is 37.3 Å². The van der Waals surface area contributed by atoms with Crippen molar-refractivity contribution in [3.05, 3.63) is 95.6 Å². The number of rotatable bonds is 6. The summed E-state index contributed by atoms with van der Waals surface area (Å²) in [6.07, 6.45) is 0.964. The molecule has 3 aromatic rings. The molecule has 0 N–H and O–H groups in total. The average Bonchev–Trinajstić information content (AvgIpc) is 2.65. The quantitative estimate of drug-likeness (QED) is 0.556. The summed E-state index contributed by atoms with van der Waals surface area (Å²) in [5.41, 5.74) is 3.38. The van der Waals surface area contributed by atoms with Crippen LogP contribution in [0.15, 0.2) is 83.8 Å². The van der Waals surface area contributed by atoms with Crippen LogP contribution >= 0.6 is 0 Å². The summed E-state index contributed by atoms with van der Waals surface area (Å²) in [7, 11) is -3.82. The van der Waals surface area contributed by atoms with Crippen LogP contribution in [0, 0.1) is 6.92 Å². The van der Waals surface area contributed by atoms with Gasteiger partial charge in [-0.25, -0.2) is 0 Å². The number of hydrogen-bond acceptors (Lipinski definition) is 3. The number of benzene rings is 3. The van der Waals surface area contributed by atoms with E-state index in [-0.39, 0.29) is 10.8 Å². The minimum Gasteiger partial charge on any atom is -0.379 e. The summed E-state index contributed by atoms with van der Waals surface area (Å²) in [6.45, 7) is 4.05. The van der Waals surface area contributed by atoms with Gasteiger partial charge in [-0.2, -0.15) is 8.42 Å². The van der Waals surface area contributed by atoms with Crippen molar-refractivity contribution in [2.75, 3.05) is 0 Å². The molecule has 0 spiro atoms. The van der Waals surface area contributed by atoms with Crippen LogP contribution in [0.1, 0.15) is 36.0 Å². The van der Waals surface area contributed by atoms with E-state index in [2.05, 4.69) is 19.1 Å². The van der Waals surface area contributed by atoms with Gasteiger partial charge in [-0.05, 0) is 48.7 Å². The van der Waals surface area contributed by atoms with Gasteiger partial charge in [-0.1, -0.05) is 67.1 Å². The zero-order chi connectivity index (χ0) is 18.6. The molecule has 0 saturated carbocycles. The van der Waals surface area contributed by atoms with Crippen molar-refractivity contribution < 1.29 is 12.6 Å². The molecule has 0 radical (unpaired) electrons. The lowest BCUT2D eigenvalue weighted by atomic mass is 9.89. The van der Waals surface area contributed by atoms with E-state index in [4.69, 9.17) is 4.18 Å². The Hall–Kier alpha value is -2.59. The lowest BCUT2D eigenvalue weighted by Crippen LogP contribution is -2.09. The van der Waals surface area contributed by atoms with Gasteiger partial charge in [0.05, 0.1) is 0 Å². The Labute approximate surface area is 155 Å². The molecule has 0 heterocycles. The maximum Gasteiger partial charge on any atom is 0.339 e. The van der Waals surface area contributed by atoms with Crippen molar-refractivity contribution >= 4 is 10.1 Å². The van der Waals surface area contributed by atoms with Gasteiger partial charge in [0.1, 0.15) is 10.6 Å². The molecule has 1 atom stereocenters. The van der Waals surface area contributed by atoms with Crippen LogP contribution < -0.4 is 4.18 Å². The van der Waals surface area contributed by atoms with Crippen LogP contribution in [0.25, 0.3) is 0 Å². The van der Waals surface area contributed by atoms with E-state index in [1.54, 1.807) is 36.4 Å². The molecule has 0 aromatic heterocycles. The Morgan fingerprint density at radius 1 is 0.808 bits per heavy atom. The fourth-order valence-electron chi connectivity index (χ4n) is 2.98. The first-order valence-corrected chi connectivity index (χ1v) is 10.1. The summed E-state index contributed by atoms with van der Waals surface area (Å²) >= 11 is 0. The van der Waals surface area contributed by atoms with Gasteiger partial charge in [-0.3, -0.25) is 0 Å². The van der Waals surface area contributed by atoms with Crippen molar-refractivity contribution in [1.82, 2.24) is 0 Å². The molecule has 0 saturated heterocycles. The third-order valence-electron chi connectivity index (χ3n) is 4.41. The molecular weight excluding hydrogens is 344 g/mol. The van der Waals surface area contributed by atoms with E-state index < -0.39 is 10.1 Å². The molecule has 4 heteroatoms. The van der Waals surface area contributed by atoms with Crippen LogP contribution in [0.5, 0.6) is 5.75 Å². The smallest absolute Gasteiger partial charge is 0.339 e. The van der Waals surface area contributed by atoms with Gasteiger partial charge < -0.3 is 4.18 Å². The van der Waals surface area contributed by atoms with Crippen LogP contribution in [-0.4, -0.2) is 8.42 Å². The molecule has 26 heavy (non-hydrogen) atoms. The van der Waals surface area contributed by atoms with Gasteiger partial charge in [-0.15, -0.1) is 0 Å². The fourth-order valence-corrected chi connectivity index (χ4v) is 3.91. The van der Waals surface area contributed by atoms with E-state index >= 15 is 0 Å². The summed E-state index contributed by atoms with van der Waals surface area (Å²) in [5.74, 6) is 0.594. The van der Waals surface area contributed by atoms with Gasteiger partial charge in [0, 0.05) is 5.92 Å². The second kappa shape index (κ2) is 7.75. The Bertz CT molecular complexity index is 945. The normalized spacial score (nSPS) is 12.5. The van der Waals surface area contributed by atoms with E-state index in [9.17, 15) is 8.42 Å². The van der Waals surface area contributed by atoms with Gasteiger partial charge in [0.2, 0.25) is 0 Å². The third kappa shape index (κ3) is 4.14. The van der Waals surface area contributed by atoms with Crippen LogP contribution in [0.4, 0.5) is 0 Å². The van der Waals surface area contributed by atoms with Crippen LogP contribution in [0.3, 0.4) is 0 Å². The molecule has 3 nitrogen and oxygen atoms in total. The zero-order valence-electron chi connectivity index (χ0n) is 14.9. The molecule has 3 rings (SSSR count). The van der Waals surface area contributed by atoms with E-state index in [0.717, 1.165) is 17.5 Å². The third-order valence-corrected chi connectivity index (χ3v) is 5.67. The minimum atomic E-state index is -3.82. The highest BCUT2D eigenvalue weighted by Gasteiger charge is 2.17. The fraction of sp³-hybridized carbons (Fsp3) is 0.182. The molecule has 0 aliphatic heterocycles. The van der Waals surface area contributed by atoms with E-state index in [0.29, 0.717) is 5.75 Å². The molecule has 3 aromatic carbocycles. The van der Waals surface area contributed by atoms with Crippen molar-refractivity contribution in [3.63, 3.8) is 0 Å². The summed E-state index contributed by atoms with van der Waals surface area (Å²) in [5, 5.41) is 0. The summed E-state index contributed by atoms with van der Waals surface area (Å²) in [4.78, 5) is 0.155. The summed E-state index contributed by atoms with van der Waals surface area (Å²) < 4.78 is 30.0. The second-order valence-electron chi connectivity index (χ2n) is 6.29. The van der Waals surface area contributed by atoms with Gasteiger partial charge in [0.25, 0.3) is 0 Å². The highest BCUT2D eigenvalue weighted by Crippen LogP contribution is 2.29. The molecule has 0 aliphatic rings. The lowest BCUT2D eigenvalue weighted by molar-refractivity contribution is 0.486. The zero-order valence-corrected chi connectivity index (χ0v) is 15.7. The SMILES string of the molecule is CCC(c1ccccc1)c1ccc(OS(=O)(=O)c2ccc(C)cc2)cc1. The molecule has 134 valence electrons. The van der Waals surface area contributed by atoms with E-state index in [1.165, 1.54) is 5.56 Å². The predicted molar refractivity (Wildman–Crippen MR) is 104 cm³/mol. The average molecular weight is 366 g/mol. The monoisotopic (exact) mass is 366 g/mol. The topological polar surface area (TPSA) is 43.4 Å². The van der Waals surface area contributed by atoms with Crippen molar-refractivity contribution in [2.45, 2.75) is 31.1 Å². The first-order valence-electron chi connectivity index (χ1n) is 8.65. The Morgan fingerprint density at radius 2 is 1.38 bits per heavy atom. The van der Waals surface area contributed by atoms with Gasteiger partial charge in [0.15, 0.2) is 0 Å². The van der Waals surface area contributed by atoms with Crippen molar-refractivity contribution in [1.29, 1.82) is 0 Å². The minimum absolute atomic E-state index is 0.155. The van der Waals surface area contributed by atoms with Crippen molar-refractivity contribution in [2.24, 2.45) is 0 Å². The highest BCUT2D eigenvalue weighted by molar-refractivity contribution is 7.87. The maximum atomic E-state index is 12.4. The molecule has 0 aliphatic carbocycles. The predicted octanol–water partition coefficient (Wildman–Crippen LogP) is 5.30. The Morgan fingerprint density at radius 3 is 1.96 bits per heavy atom. The number of aryl methyl sites for hydroxylation is 1. The van der Waals surface area contributed by atoms with Crippen LogP contribution in [-0.2, 0) is 10.1 Å². The second-order valence-corrected chi connectivity index (χ2v) is 7.84. The Kier molecular flexibility index (Phi) is 5.43. The van der Waals surface area contributed by atoms with Crippen molar-refractivity contribution in [3.8, 4) is 5.75 Å². The molecule has 0 fully saturated rings. The standard InChI is InChI=1S/C22H22O3S/c1-3-22(18-7-5-4-6-8-18)19-11-13-20(14-12-19)25-26(23,24)21-15-9-17(2)10-16-21/h4-16,22H,3H2,1-2H3. The van der Waals surface area contributed by atoms with Crippen LogP contribution in [0.2, 0.25) is 0 Å². The molecule has 1 unspecified atom stereocenters. The Balaban J connectivity index is 1.80. The molecule has 0 amide bonds. The molecular formula is C22H22O3S. The first-order chi connectivity index (χ1) is 12.5. The largest absolute Gasteiger partial charge is 0.379 e. The summed E-state index contributed by atoms with van der Waals surface area (Å²) in [6, 6.07) is 24.2. The maximum absolute atomic E-state index is 12.4. The highest BCUT2D eigenvalue weighted by atomic mass is 32.2. The lowest BCUT2D eigenvalue weighted by Gasteiger charge is -2.16. The molecule has 0 bridgehead atoms. The van der Waals surface area contributed by atoms with Gasteiger partial charge >= 0.3 is 10.1 Å². The number of hydrogen-bond donors (Lipinski definition) is 0. The first kappa shape index (κ1) is 18.2.